The van der Waals surface area contributed by atoms with Gasteiger partial charge in [-0.1, -0.05) is 11.3 Å². The van der Waals surface area contributed by atoms with Gasteiger partial charge in [-0.25, -0.2) is 9.78 Å². The molecule has 24 heavy (non-hydrogen) atoms. The predicted octanol–water partition coefficient (Wildman–Crippen LogP) is 3.24. The standard InChI is InChI=1S/C15H16N6O2S/c1-9-6-11(4-5-16-9)20-15(22)23-13-14(24-10(2)18-13)19-12-7-17-21(3)8-12/h4-8,19H,1-3H3,(H,16,20,22). The molecule has 1 amide bonds. The van der Waals surface area contributed by atoms with Crippen LogP contribution in [0, 0.1) is 13.8 Å². The Kier molecular flexibility index (Phi) is 4.43. The zero-order chi connectivity index (χ0) is 17.1. The van der Waals surface area contributed by atoms with E-state index in [0.29, 0.717) is 10.7 Å². The van der Waals surface area contributed by atoms with Crippen LogP contribution in [0.25, 0.3) is 0 Å². The molecule has 0 bridgehead atoms. The van der Waals surface area contributed by atoms with Gasteiger partial charge in [-0.2, -0.15) is 5.10 Å². The summed E-state index contributed by atoms with van der Waals surface area (Å²) in [6.45, 7) is 3.69. The Morgan fingerprint density at radius 3 is 2.88 bits per heavy atom. The molecule has 0 saturated carbocycles. The molecule has 0 aromatic carbocycles. The SMILES string of the molecule is Cc1cc(NC(=O)Oc2nc(C)sc2Nc2cnn(C)c2)ccn1. The second-order valence-corrected chi connectivity index (χ2v) is 6.30. The number of carbonyl (C=O) groups excluding carboxylic acids is 1. The predicted molar refractivity (Wildman–Crippen MR) is 92.0 cm³/mol. The summed E-state index contributed by atoms with van der Waals surface area (Å²) < 4.78 is 7.00. The lowest BCUT2D eigenvalue weighted by atomic mass is 10.3. The molecule has 8 nitrogen and oxygen atoms in total. The van der Waals surface area contributed by atoms with Crippen molar-refractivity contribution in [1.29, 1.82) is 0 Å². The molecule has 0 aliphatic carbocycles. The van der Waals surface area contributed by atoms with Gasteiger partial charge in [0, 0.05) is 30.8 Å². The first-order valence-corrected chi connectivity index (χ1v) is 7.96. The van der Waals surface area contributed by atoms with Crippen LogP contribution in [0.2, 0.25) is 0 Å². The minimum absolute atomic E-state index is 0.227. The van der Waals surface area contributed by atoms with E-state index >= 15 is 0 Å². The first kappa shape index (κ1) is 15.9. The fraction of sp³-hybridized carbons (Fsp3) is 0.200. The zero-order valence-electron chi connectivity index (χ0n) is 13.4. The molecule has 3 heterocycles. The Morgan fingerprint density at radius 2 is 2.17 bits per heavy atom. The van der Waals surface area contributed by atoms with Gasteiger partial charge in [0.15, 0.2) is 5.00 Å². The van der Waals surface area contributed by atoms with E-state index in [1.54, 1.807) is 29.2 Å². The van der Waals surface area contributed by atoms with Crippen LogP contribution in [-0.4, -0.2) is 25.8 Å². The third-order valence-corrected chi connectivity index (χ3v) is 3.87. The lowest BCUT2D eigenvalue weighted by molar-refractivity contribution is 0.214. The van der Waals surface area contributed by atoms with Gasteiger partial charge in [0.25, 0.3) is 5.88 Å². The van der Waals surface area contributed by atoms with Crippen molar-refractivity contribution in [2.45, 2.75) is 13.8 Å². The van der Waals surface area contributed by atoms with Crippen LogP contribution in [0.15, 0.2) is 30.7 Å². The largest absolute Gasteiger partial charge is 0.418 e. The molecule has 3 rings (SSSR count). The van der Waals surface area contributed by atoms with Crippen molar-refractivity contribution in [3.05, 3.63) is 41.4 Å². The molecule has 0 spiro atoms. The Morgan fingerprint density at radius 1 is 1.33 bits per heavy atom. The fourth-order valence-electron chi connectivity index (χ4n) is 2.03. The van der Waals surface area contributed by atoms with E-state index in [1.165, 1.54) is 11.3 Å². The summed E-state index contributed by atoms with van der Waals surface area (Å²) in [6.07, 6.45) is 4.50. The third-order valence-electron chi connectivity index (χ3n) is 3.00. The Labute approximate surface area is 142 Å². The Balaban J connectivity index is 1.71. The number of ether oxygens (including phenoxy) is 1. The third kappa shape index (κ3) is 3.87. The highest BCUT2D eigenvalue weighted by atomic mass is 32.1. The van der Waals surface area contributed by atoms with Crippen molar-refractivity contribution in [2.24, 2.45) is 7.05 Å². The van der Waals surface area contributed by atoms with Crippen LogP contribution in [0.4, 0.5) is 21.2 Å². The first-order valence-electron chi connectivity index (χ1n) is 7.14. The topological polar surface area (TPSA) is 94.0 Å². The van der Waals surface area contributed by atoms with Crippen LogP contribution in [0.3, 0.4) is 0 Å². The fourth-order valence-corrected chi connectivity index (χ4v) is 2.79. The highest BCUT2D eigenvalue weighted by molar-refractivity contribution is 7.16. The summed E-state index contributed by atoms with van der Waals surface area (Å²) in [5, 5.41) is 11.3. The summed E-state index contributed by atoms with van der Waals surface area (Å²) >= 11 is 1.39. The van der Waals surface area contributed by atoms with Gasteiger partial charge in [0.1, 0.15) is 0 Å². The highest BCUT2D eigenvalue weighted by Gasteiger charge is 2.15. The van der Waals surface area contributed by atoms with Crippen LogP contribution >= 0.6 is 11.3 Å². The number of thiazole rings is 1. The maximum atomic E-state index is 12.1. The van der Waals surface area contributed by atoms with Crippen molar-refractivity contribution in [1.82, 2.24) is 19.7 Å². The Hall–Kier alpha value is -2.94. The normalized spacial score (nSPS) is 10.5. The second kappa shape index (κ2) is 6.67. The first-order chi connectivity index (χ1) is 11.5. The number of nitrogens with one attached hydrogen (secondary N) is 2. The molecule has 0 atom stereocenters. The lowest BCUT2D eigenvalue weighted by Crippen LogP contribution is -2.17. The van der Waals surface area contributed by atoms with E-state index < -0.39 is 6.09 Å². The lowest BCUT2D eigenvalue weighted by Gasteiger charge is -2.07. The van der Waals surface area contributed by atoms with Crippen molar-refractivity contribution in [2.75, 3.05) is 10.6 Å². The quantitative estimate of drug-likeness (QED) is 0.754. The number of carbonyl (C=O) groups is 1. The molecule has 0 saturated heterocycles. The van der Waals surface area contributed by atoms with Gasteiger partial charge in [-0.15, -0.1) is 0 Å². The Bertz CT molecular complexity index is 872. The minimum atomic E-state index is -0.611. The van der Waals surface area contributed by atoms with Gasteiger partial charge in [-0.3, -0.25) is 15.0 Å². The number of anilines is 3. The smallest absolute Gasteiger partial charge is 0.388 e. The maximum absolute atomic E-state index is 12.1. The average Bonchev–Trinajstić information content (AvgIpc) is 3.05. The van der Waals surface area contributed by atoms with Gasteiger partial charge >= 0.3 is 6.09 Å². The molecule has 3 aromatic heterocycles. The van der Waals surface area contributed by atoms with Crippen molar-refractivity contribution < 1.29 is 9.53 Å². The number of rotatable bonds is 4. The molecule has 0 fully saturated rings. The van der Waals surface area contributed by atoms with Gasteiger partial charge in [0.2, 0.25) is 0 Å². The van der Waals surface area contributed by atoms with Gasteiger partial charge in [-0.05, 0) is 26.0 Å². The average molecular weight is 344 g/mol. The molecule has 2 N–H and O–H groups in total. The molecule has 0 aliphatic rings. The molecule has 0 radical (unpaired) electrons. The van der Waals surface area contributed by atoms with Gasteiger partial charge < -0.3 is 10.1 Å². The summed E-state index contributed by atoms with van der Waals surface area (Å²) in [4.78, 5) is 20.4. The van der Waals surface area contributed by atoms with E-state index in [4.69, 9.17) is 4.74 Å². The van der Waals surface area contributed by atoms with Crippen LogP contribution in [0.5, 0.6) is 5.88 Å². The van der Waals surface area contributed by atoms with Crippen molar-refractivity contribution in [3.63, 3.8) is 0 Å². The van der Waals surface area contributed by atoms with Gasteiger partial charge in [0.05, 0.1) is 16.9 Å². The van der Waals surface area contributed by atoms with Crippen LogP contribution < -0.4 is 15.4 Å². The summed E-state index contributed by atoms with van der Waals surface area (Å²) in [7, 11) is 1.82. The number of aryl methyl sites for hydroxylation is 3. The number of aromatic nitrogens is 4. The maximum Gasteiger partial charge on any atom is 0.418 e. The van der Waals surface area contributed by atoms with Crippen molar-refractivity contribution in [3.8, 4) is 5.88 Å². The number of nitrogens with zero attached hydrogens (tertiary/aromatic N) is 4. The molecule has 3 aromatic rings. The molecule has 9 heteroatoms. The number of amides is 1. The number of hydrogen-bond acceptors (Lipinski definition) is 7. The molecule has 0 unspecified atom stereocenters. The van der Waals surface area contributed by atoms with E-state index in [2.05, 4.69) is 25.7 Å². The van der Waals surface area contributed by atoms with Crippen LogP contribution in [-0.2, 0) is 7.05 Å². The molecule has 124 valence electrons. The molecular formula is C15H16N6O2S. The molecule has 0 aliphatic heterocycles. The molecular weight excluding hydrogens is 328 g/mol. The van der Waals surface area contributed by atoms with E-state index in [-0.39, 0.29) is 5.88 Å². The van der Waals surface area contributed by atoms with E-state index in [1.807, 2.05) is 27.1 Å². The van der Waals surface area contributed by atoms with Crippen LogP contribution in [0.1, 0.15) is 10.7 Å². The zero-order valence-corrected chi connectivity index (χ0v) is 14.2. The van der Waals surface area contributed by atoms with E-state index in [0.717, 1.165) is 16.4 Å². The van der Waals surface area contributed by atoms with E-state index in [9.17, 15) is 4.79 Å². The monoisotopic (exact) mass is 344 g/mol. The summed E-state index contributed by atoms with van der Waals surface area (Å²) in [5.74, 6) is 0.227. The minimum Gasteiger partial charge on any atom is -0.388 e. The number of pyridine rings is 1. The number of hydrogen-bond donors (Lipinski definition) is 2. The summed E-state index contributed by atoms with van der Waals surface area (Å²) in [6, 6.07) is 3.44. The highest BCUT2D eigenvalue weighted by Crippen LogP contribution is 2.33. The van der Waals surface area contributed by atoms with Crippen molar-refractivity contribution >= 4 is 33.8 Å². The summed E-state index contributed by atoms with van der Waals surface area (Å²) in [5.41, 5.74) is 2.20. The second-order valence-electron chi connectivity index (χ2n) is 5.10.